The van der Waals surface area contributed by atoms with Gasteiger partial charge in [-0.1, -0.05) is 0 Å². The molecule has 1 aromatic heterocycles. The van der Waals surface area contributed by atoms with Crippen LogP contribution < -0.4 is 26.5 Å². The standard InChI is InChI=1S/C16H17N3O5S/c1-19-14(17)13(15(21)18-16(19)22)10(20)8-25-9-3-4-11-12(7-9)24-6-2-5-23-11/h3-4,7H,2,5-6,8,17H2,1H3,(H,18,21,22). The van der Waals surface area contributed by atoms with Crippen molar-refractivity contribution in [1.82, 2.24) is 9.55 Å². The molecule has 25 heavy (non-hydrogen) atoms. The van der Waals surface area contributed by atoms with Gasteiger partial charge in [0.1, 0.15) is 11.4 Å². The SMILES string of the molecule is Cn1c(N)c(C(=O)CSc2ccc3c(c2)OCCCO3)c(=O)[nH]c1=O. The monoisotopic (exact) mass is 363 g/mol. The lowest BCUT2D eigenvalue weighted by atomic mass is 10.2. The maximum atomic E-state index is 12.4. The summed E-state index contributed by atoms with van der Waals surface area (Å²) < 4.78 is 12.2. The number of H-pyrrole nitrogens is 1. The number of nitrogens with one attached hydrogen (secondary N) is 1. The van der Waals surface area contributed by atoms with E-state index >= 15 is 0 Å². The van der Waals surface area contributed by atoms with Crippen LogP contribution in [0.4, 0.5) is 5.82 Å². The number of carbonyl (C=O) groups is 1. The van der Waals surface area contributed by atoms with E-state index in [1.807, 2.05) is 6.07 Å². The molecule has 8 nitrogen and oxygen atoms in total. The predicted octanol–water partition coefficient (Wildman–Crippen LogP) is 0.792. The molecule has 1 aromatic carbocycles. The highest BCUT2D eigenvalue weighted by atomic mass is 32.2. The summed E-state index contributed by atoms with van der Waals surface area (Å²) in [6.45, 7) is 1.18. The van der Waals surface area contributed by atoms with Crippen LogP contribution in [0, 0.1) is 0 Å². The van der Waals surface area contributed by atoms with Crippen LogP contribution in [0.3, 0.4) is 0 Å². The van der Waals surface area contributed by atoms with Gasteiger partial charge in [-0.3, -0.25) is 19.1 Å². The zero-order chi connectivity index (χ0) is 18.0. The molecule has 1 aliphatic rings. The largest absolute Gasteiger partial charge is 0.490 e. The van der Waals surface area contributed by atoms with Crippen molar-refractivity contribution in [1.29, 1.82) is 0 Å². The molecule has 1 aliphatic heterocycles. The Bertz CT molecular complexity index is 934. The minimum atomic E-state index is -0.773. The van der Waals surface area contributed by atoms with Crippen LogP contribution in [0.1, 0.15) is 16.8 Å². The Hall–Kier alpha value is -2.68. The second-order valence-corrected chi connectivity index (χ2v) is 6.50. The Morgan fingerprint density at radius 1 is 1.28 bits per heavy atom. The molecule has 3 rings (SSSR count). The first-order chi connectivity index (χ1) is 12.0. The number of nitrogens with zero attached hydrogens (tertiary/aromatic N) is 1. The van der Waals surface area contributed by atoms with E-state index in [0.717, 1.165) is 15.9 Å². The molecule has 0 spiro atoms. The number of ketones is 1. The Morgan fingerprint density at radius 3 is 2.76 bits per heavy atom. The topological polar surface area (TPSA) is 116 Å². The van der Waals surface area contributed by atoms with Crippen LogP contribution in [0.2, 0.25) is 0 Å². The summed E-state index contributed by atoms with van der Waals surface area (Å²) >= 11 is 1.25. The molecule has 0 amide bonds. The lowest BCUT2D eigenvalue weighted by Gasteiger charge is -2.10. The van der Waals surface area contributed by atoms with Gasteiger partial charge in [0, 0.05) is 18.4 Å². The molecule has 2 aromatic rings. The molecule has 0 saturated carbocycles. The molecule has 9 heteroatoms. The number of nitrogen functional groups attached to an aromatic ring is 1. The van der Waals surface area contributed by atoms with Crippen LogP contribution in [-0.4, -0.2) is 34.3 Å². The minimum Gasteiger partial charge on any atom is -0.490 e. The van der Waals surface area contributed by atoms with E-state index < -0.39 is 17.0 Å². The number of ether oxygens (including phenoxy) is 2. The Labute approximate surface area is 146 Å². The summed E-state index contributed by atoms with van der Waals surface area (Å²) in [7, 11) is 1.39. The normalized spacial score (nSPS) is 13.3. The second-order valence-electron chi connectivity index (χ2n) is 5.45. The van der Waals surface area contributed by atoms with E-state index in [0.29, 0.717) is 24.7 Å². The van der Waals surface area contributed by atoms with Crippen LogP contribution >= 0.6 is 11.8 Å². The number of Topliss-reactive ketones (excluding diaryl/α,β-unsaturated/α-hetero) is 1. The molecule has 0 unspecified atom stereocenters. The van der Waals surface area contributed by atoms with Gasteiger partial charge in [0.15, 0.2) is 17.3 Å². The molecule has 0 atom stereocenters. The number of benzene rings is 1. The number of carbonyl (C=O) groups excluding carboxylic acids is 1. The highest BCUT2D eigenvalue weighted by Gasteiger charge is 2.18. The first-order valence-electron chi connectivity index (χ1n) is 7.62. The molecule has 0 fully saturated rings. The van der Waals surface area contributed by atoms with Gasteiger partial charge < -0.3 is 15.2 Å². The zero-order valence-electron chi connectivity index (χ0n) is 13.5. The maximum Gasteiger partial charge on any atom is 0.329 e. The van der Waals surface area contributed by atoms with Crippen molar-refractivity contribution in [3.63, 3.8) is 0 Å². The van der Waals surface area contributed by atoms with Crippen molar-refractivity contribution in [2.45, 2.75) is 11.3 Å². The van der Waals surface area contributed by atoms with Crippen LogP contribution in [-0.2, 0) is 7.05 Å². The van der Waals surface area contributed by atoms with Crippen molar-refractivity contribution in [2.24, 2.45) is 7.05 Å². The summed E-state index contributed by atoms with van der Waals surface area (Å²) in [6, 6.07) is 5.41. The van der Waals surface area contributed by atoms with E-state index in [1.165, 1.54) is 18.8 Å². The van der Waals surface area contributed by atoms with Crippen LogP contribution in [0.15, 0.2) is 32.7 Å². The summed E-state index contributed by atoms with van der Waals surface area (Å²) in [5, 5.41) is 0. The van der Waals surface area contributed by atoms with Crippen molar-refractivity contribution in [2.75, 3.05) is 24.7 Å². The molecule has 2 heterocycles. The van der Waals surface area contributed by atoms with Gasteiger partial charge in [0.05, 0.1) is 19.0 Å². The first-order valence-corrected chi connectivity index (χ1v) is 8.60. The number of aromatic amines is 1. The number of aromatic nitrogens is 2. The lowest BCUT2D eigenvalue weighted by Crippen LogP contribution is -2.35. The predicted molar refractivity (Wildman–Crippen MR) is 93.8 cm³/mol. The van der Waals surface area contributed by atoms with Gasteiger partial charge in [-0.25, -0.2) is 4.79 Å². The van der Waals surface area contributed by atoms with Gasteiger partial charge >= 0.3 is 5.69 Å². The molecule has 132 valence electrons. The average Bonchev–Trinajstić information content (AvgIpc) is 2.82. The Balaban J connectivity index is 1.77. The third-order valence-corrected chi connectivity index (χ3v) is 4.73. The minimum absolute atomic E-state index is 0.00509. The summed E-state index contributed by atoms with van der Waals surface area (Å²) in [4.78, 5) is 38.6. The van der Waals surface area contributed by atoms with E-state index in [9.17, 15) is 14.4 Å². The van der Waals surface area contributed by atoms with Crippen molar-refractivity contribution in [3.8, 4) is 11.5 Å². The molecular formula is C16H17N3O5S. The maximum absolute atomic E-state index is 12.4. The van der Waals surface area contributed by atoms with E-state index in [-0.39, 0.29) is 17.1 Å². The van der Waals surface area contributed by atoms with Crippen molar-refractivity contribution >= 4 is 23.4 Å². The third-order valence-electron chi connectivity index (χ3n) is 3.74. The van der Waals surface area contributed by atoms with Gasteiger partial charge in [-0.2, -0.15) is 0 Å². The van der Waals surface area contributed by atoms with Crippen molar-refractivity contribution < 1.29 is 14.3 Å². The van der Waals surface area contributed by atoms with Gasteiger partial charge in [-0.05, 0) is 18.2 Å². The fourth-order valence-corrected chi connectivity index (χ4v) is 3.16. The van der Waals surface area contributed by atoms with Gasteiger partial charge in [-0.15, -0.1) is 11.8 Å². The molecule has 3 N–H and O–H groups in total. The number of hydrogen-bond donors (Lipinski definition) is 2. The second kappa shape index (κ2) is 7.06. The molecular weight excluding hydrogens is 346 g/mol. The fraction of sp³-hybridized carbons (Fsp3) is 0.312. The summed E-state index contributed by atoms with van der Waals surface area (Å²) in [6.07, 6.45) is 0.810. The first kappa shape index (κ1) is 17.2. The average molecular weight is 363 g/mol. The molecule has 0 radical (unpaired) electrons. The number of nitrogens with two attached hydrogens (primary N) is 1. The van der Waals surface area contributed by atoms with Crippen LogP contribution in [0.5, 0.6) is 11.5 Å². The summed E-state index contributed by atoms with van der Waals surface area (Å²) in [5.41, 5.74) is 4.10. The third kappa shape index (κ3) is 3.55. The Kier molecular flexibility index (Phi) is 4.84. The van der Waals surface area contributed by atoms with Crippen molar-refractivity contribution in [3.05, 3.63) is 44.6 Å². The summed E-state index contributed by atoms with van der Waals surface area (Å²) in [5.74, 6) is 0.719. The highest BCUT2D eigenvalue weighted by molar-refractivity contribution is 8.00. The number of fused-ring (bicyclic) bond motifs is 1. The quantitative estimate of drug-likeness (QED) is 0.609. The Morgan fingerprint density at radius 2 is 2.00 bits per heavy atom. The number of thioether (sulfide) groups is 1. The highest BCUT2D eigenvalue weighted by Crippen LogP contribution is 2.34. The van der Waals surface area contributed by atoms with E-state index in [4.69, 9.17) is 15.2 Å². The lowest BCUT2D eigenvalue weighted by molar-refractivity contribution is 0.102. The van der Waals surface area contributed by atoms with E-state index in [1.54, 1.807) is 12.1 Å². The zero-order valence-corrected chi connectivity index (χ0v) is 14.4. The number of hydrogen-bond acceptors (Lipinski definition) is 7. The molecule has 0 aliphatic carbocycles. The van der Waals surface area contributed by atoms with Crippen LogP contribution in [0.25, 0.3) is 0 Å². The van der Waals surface area contributed by atoms with E-state index in [2.05, 4.69) is 4.98 Å². The van der Waals surface area contributed by atoms with Gasteiger partial charge in [0.25, 0.3) is 5.56 Å². The smallest absolute Gasteiger partial charge is 0.329 e. The molecule has 0 saturated heterocycles. The fourth-order valence-electron chi connectivity index (χ4n) is 2.36. The number of rotatable bonds is 4. The van der Waals surface area contributed by atoms with Gasteiger partial charge in [0.2, 0.25) is 0 Å². The molecule has 0 bridgehead atoms. The number of anilines is 1.